The van der Waals surface area contributed by atoms with Crippen LogP contribution >= 0.6 is 0 Å². The molecule has 0 heterocycles. The highest BCUT2D eigenvalue weighted by atomic mass is 16.6. The normalized spacial score (nSPS) is 18.7. The minimum Gasteiger partial charge on any atom is -0.460 e. The summed E-state index contributed by atoms with van der Waals surface area (Å²) in [5, 5.41) is 0. The van der Waals surface area contributed by atoms with Crippen molar-refractivity contribution in [3.63, 3.8) is 0 Å². The van der Waals surface area contributed by atoms with Crippen LogP contribution in [0.5, 0.6) is 0 Å². The minimum atomic E-state index is -0.396. The molecular weight excluding hydrogens is 192 g/mol. The molecule has 0 aliphatic heterocycles. The van der Waals surface area contributed by atoms with Crippen molar-refractivity contribution in [2.75, 3.05) is 6.61 Å². The Morgan fingerprint density at radius 1 is 1.40 bits per heavy atom. The number of rotatable bonds is 5. The van der Waals surface area contributed by atoms with Crippen molar-refractivity contribution in [3.05, 3.63) is 0 Å². The van der Waals surface area contributed by atoms with Crippen LogP contribution in [-0.4, -0.2) is 24.3 Å². The molecule has 0 saturated heterocycles. The summed E-state index contributed by atoms with van der Waals surface area (Å²) >= 11 is 0. The maximum absolute atomic E-state index is 11.4. The van der Waals surface area contributed by atoms with Gasteiger partial charge in [-0.3, -0.25) is 4.79 Å². The molecule has 0 N–H and O–H groups in total. The number of ether oxygens (including phenoxy) is 2. The Labute approximate surface area is 92.1 Å². The van der Waals surface area contributed by atoms with E-state index in [9.17, 15) is 4.79 Å². The third kappa shape index (κ3) is 6.50. The average molecular weight is 214 g/mol. The Balaban J connectivity index is 2.12. The Kier molecular flexibility index (Phi) is 4.14. The molecule has 1 aliphatic carbocycles. The lowest BCUT2D eigenvalue weighted by atomic mass is 10.2. The van der Waals surface area contributed by atoms with E-state index in [0.29, 0.717) is 6.42 Å². The number of carbonyl (C=O) groups excluding carboxylic acids is 1. The highest BCUT2D eigenvalue weighted by molar-refractivity contribution is 5.70. The van der Waals surface area contributed by atoms with Gasteiger partial charge in [0.25, 0.3) is 0 Å². The molecule has 1 aliphatic rings. The largest absolute Gasteiger partial charge is 0.460 e. The summed E-state index contributed by atoms with van der Waals surface area (Å²) in [4.78, 5) is 11.4. The predicted molar refractivity (Wildman–Crippen MR) is 58.6 cm³/mol. The Morgan fingerprint density at radius 3 is 2.47 bits per heavy atom. The van der Waals surface area contributed by atoms with E-state index in [2.05, 4.69) is 0 Å². The van der Waals surface area contributed by atoms with Crippen LogP contribution in [-0.2, 0) is 14.3 Å². The summed E-state index contributed by atoms with van der Waals surface area (Å²) in [6, 6.07) is 0. The lowest BCUT2D eigenvalue weighted by Gasteiger charge is -2.21. The summed E-state index contributed by atoms with van der Waals surface area (Å²) < 4.78 is 10.8. The van der Waals surface area contributed by atoms with Gasteiger partial charge in [0.1, 0.15) is 5.60 Å². The van der Waals surface area contributed by atoms with Gasteiger partial charge in [0, 0.05) is 6.61 Å². The van der Waals surface area contributed by atoms with E-state index >= 15 is 0 Å². The molecule has 88 valence electrons. The summed E-state index contributed by atoms with van der Waals surface area (Å²) in [5.74, 6) is 0.567. The van der Waals surface area contributed by atoms with Crippen molar-refractivity contribution in [1.29, 1.82) is 0 Å². The van der Waals surface area contributed by atoms with Gasteiger partial charge < -0.3 is 9.47 Å². The Morgan fingerprint density at radius 2 is 2.00 bits per heavy atom. The van der Waals surface area contributed by atoms with Gasteiger partial charge in [0.05, 0.1) is 12.5 Å². The standard InChI is InChI=1S/C12H22O3/c1-9(14-8-10-5-6-10)7-11(13)15-12(2,3)4/h9-10H,5-8H2,1-4H3. The average Bonchev–Trinajstić information content (AvgIpc) is 2.79. The van der Waals surface area contributed by atoms with Gasteiger partial charge in [-0.05, 0) is 46.5 Å². The zero-order valence-electron chi connectivity index (χ0n) is 10.2. The second kappa shape index (κ2) is 4.97. The van der Waals surface area contributed by atoms with Crippen molar-refractivity contribution >= 4 is 5.97 Å². The molecule has 1 unspecified atom stereocenters. The molecule has 0 radical (unpaired) electrons. The van der Waals surface area contributed by atoms with Crippen LogP contribution in [0.4, 0.5) is 0 Å². The van der Waals surface area contributed by atoms with Crippen LogP contribution in [0, 0.1) is 5.92 Å². The van der Waals surface area contributed by atoms with Crippen LogP contribution in [0.15, 0.2) is 0 Å². The summed E-state index contributed by atoms with van der Waals surface area (Å²) in [6.45, 7) is 8.35. The number of carbonyl (C=O) groups is 1. The molecule has 0 aromatic rings. The monoisotopic (exact) mass is 214 g/mol. The fourth-order valence-corrected chi connectivity index (χ4v) is 1.26. The highest BCUT2D eigenvalue weighted by Crippen LogP contribution is 2.29. The van der Waals surface area contributed by atoms with Gasteiger partial charge in [-0.25, -0.2) is 0 Å². The molecule has 1 saturated carbocycles. The summed E-state index contributed by atoms with van der Waals surface area (Å²) in [5.41, 5.74) is -0.396. The first kappa shape index (κ1) is 12.5. The van der Waals surface area contributed by atoms with E-state index in [1.807, 2.05) is 27.7 Å². The minimum absolute atomic E-state index is 0.0274. The number of hydrogen-bond donors (Lipinski definition) is 0. The number of hydrogen-bond acceptors (Lipinski definition) is 3. The molecule has 0 aromatic heterocycles. The maximum atomic E-state index is 11.4. The predicted octanol–water partition coefficient (Wildman–Crippen LogP) is 2.53. The number of esters is 1. The first-order chi connectivity index (χ1) is 6.87. The fraction of sp³-hybridized carbons (Fsp3) is 0.917. The highest BCUT2D eigenvalue weighted by Gasteiger charge is 2.23. The van der Waals surface area contributed by atoms with Gasteiger partial charge in [0.2, 0.25) is 0 Å². The van der Waals surface area contributed by atoms with Gasteiger partial charge >= 0.3 is 5.97 Å². The first-order valence-electron chi connectivity index (χ1n) is 5.70. The van der Waals surface area contributed by atoms with Crippen molar-refractivity contribution < 1.29 is 14.3 Å². The van der Waals surface area contributed by atoms with Crippen LogP contribution in [0.25, 0.3) is 0 Å². The van der Waals surface area contributed by atoms with Crippen molar-refractivity contribution in [1.82, 2.24) is 0 Å². The van der Waals surface area contributed by atoms with Crippen molar-refractivity contribution in [2.45, 2.75) is 58.7 Å². The van der Waals surface area contributed by atoms with Gasteiger partial charge in [0.15, 0.2) is 0 Å². The summed E-state index contributed by atoms with van der Waals surface area (Å²) in [7, 11) is 0. The Hall–Kier alpha value is -0.570. The molecule has 0 bridgehead atoms. The SMILES string of the molecule is CC(CC(=O)OC(C)(C)C)OCC1CC1. The van der Waals surface area contributed by atoms with Crippen molar-refractivity contribution in [2.24, 2.45) is 5.92 Å². The lowest BCUT2D eigenvalue weighted by Crippen LogP contribution is -2.26. The maximum Gasteiger partial charge on any atom is 0.308 e. The molecule has 0 amide bonds. The molecule has 3 nitrogen and oxygen atoms in total. The van der Waals surface area contributed by atoms with Crippen LogP contribution in [0.1, 0.15) is 47.0 Å². The zero-order valence-corrected chi connectivity index (χ0v) is 10.2. The molecule has 1 rings (SSSR count). The van der Waals surface area contributed by atoms with E-state index in [1.54, 1.807) is 0 Å². The molecule has 3 heteroatoms. The summed E-state index contributed by atoms with van der Waals surface area (Å²) in [6.07, 6.45) is 2.88. The quantitative estimate of drug-likeness (QED) is 0.660. The molecule has 1 atom stereocenters. The zero-order chi connectivity index (χ0) is 11.5. The lowest BCUT2D eigenvalue weighted by molar-refractivity contribution is -0.157. The fourth-order valence-electron chi connectivity index (χ4n) is 1.26. The van der Waals surface area contributed by atoms with E-state index in [1.165, 1.54) is 12.8 Å². The third-order valence-electron chi connectivity index (χ3n) is 2.19. The first-order valence-corrected chi connectivity index (χ1v) is 5.70. The third-order valence-corrected chi connectivity index (χ3v) is 2.19. The topological polar surface area (TPSA) is 35.5 Å². The second-order valence-corrected chi connectivity index (χ2v) is 5.38. The van der Waals surface area contributed by atoms with Crippen molar-refractivity contribution in [3.8, 4) is 0 Å². The molecule has 1 fully saturated rings. The van der Waals surface area contributed by atoms with Gasteiger partial charge in [-0.2, -0.15) is 0 Å². The van der Waals surface area contributed by atoms with E-state index in [4.69, 9.17) is 9.47 Å². The van der Waals surface area contributed by atoms with Gasteiger partial charge in [-0.15, -0.1) is 0 Å². The van der Waals surface area contributed by atoms with E-state index < -0.39 is 5.60 Å². The van der Waals surface area contributed by atoms with Crippen LogP contribution in [0.3, 0.4) is 0 Å². The molecule has 0 aromatic carbocycles. The van der Waals surface area contributed by atoms with Gasteiger partial charge in [-0.1, -0.05) is 0 Å². The smallest absolute Gasteiger partial charge is 0.308 e. The molecule has 0 spiro atoms. The van der Waals surface area contributed by atoms with Crippen LogP contribution in [0.2, 0.25) is 0 Å². The van der Waals surface area contributed by atoms with E-state index in [0.717, 1.165) is 12.5 Å². The molecular formula is C12H22O3. The molecule has 15 heavy (non-hydrogen) atoms. The second-order valence-electron chi connectivity index (χ2n) is 5.38. The van der Waals surface area contributed by atoms with E-state index in [-0.39, 0.29) is 12.1 Å². The Bertz CT molecular complexity index is 213. The van der Waals surface area contributed by atoms with Crippen LogP contribution < -0.4 is 0 Å².